The van der Waals surface area contributed by atoms with Crippen LogP contribution in [0, 0.1) is 5.92 Å². The Bertz CT molecular complexity index is 404. The summed E-state index contributed by atoms with van der Waals surface area (Å²) in [6, 6.07) is 0. The quantitative estimate of drug-likeness (QED) is 0.568. The Kier molecular flexibility index (Phi) is 5.27. The van der Waals surface area contributed by atoms with E-state index in [4.69, 9.17) is 5.84 Å². The molecule has 1 aliphatic rings. The lowest BCUT2D eigenvalue weighted by atomic mass is 10.0. The van der Waals surface area contributed by atoms with E-state index < -0.39 is 0 Å². The van der Waals surface area contributed by atoms with Gasteiger partial charge in [-0.3, -0.25) is 0 Å². The molecule has 106 valence electrons. The first kappa shape index (κ1) is 14.4. The lowest BCUT2D eigenvalue weighted by Gasteiger charge is -2.23. The Morgan fingerprint density at radius 2 is 2.00 bits per heavy atom. The molecule has 0 aromatic carbocycles. The number of nitrogens with two attached hydrogens (primary N) is 1. The molecule has 0 unspecified atom stereocenters. The van der Waals surface area contributed by atoms with Crippen LogP contribution in [0.4, 0.5) is 11.6 Å². The first-order chi connectivity index (χ1) is 9.22. The van der Waals surface area contributed by atoms with Crippen molar-refractivity contribution in [2.75, 3.05) is 28.8 Å². The largest absolute Gasteiger partial charge is 0.369 e. The third-order valence-electron chi connectivity index (χ3n) is 3.50. The number of rotatable bonds is 5. The standard InChI is InChI=1S/C13H23N5S/c1-9(2)11-12(16-8-17-13(11)18-14)15-7-10-3-5-19-6-4-10/h8-10H,3-7,14H2,1-2H3,(H2,15,16,17,18). The minimum absolute atomic E-state index is 0.330. The van der Waals surface area contributed by atoms with Crippen molar-refractivity contribution in [3.05, 3.63) is 11.9 Å². The van der Waals surface area contributed by atoms with Gasteiger partial charge in [0, 0.05) is 12.1 Å². The van der Waals surface area contributed by atoms with Crippen LogP contribution in [0.25, 0.3) is 0 Å². The summed E-state index contributed by atoms with van der Waals surface area (Å²) in [5.41, 5.74) is 3.73. The summed E-state index contributed by atoms with van der Waals surface area (Å²) < 4.78 is 0. The van der Waals surface area contributed by atoms with Crippen molar-refractivity contribution < 1.29 is 0 Å². The molecule has 4 N–H and O–H groups in total. The van der Waals surface area contributed by atoms with Gasteiger partial charge in [-0.25, -0.2) is 15.8 Å². The first-order valence-electron chi connectivity index (χ1n) is 6.85. The van der Waals surface area contributed by atoms with Gasteiger partial charge in [-0.1, -0.05) is 13.8 Å². The van der Waals surface area contributed by atoms with Crippen molar-refractivity contribution in [3.63, 3.8) is 0 Å². The highest BCUT2D eigenvalue weighted by molar-refractivity contribution is 7.99. The zero-order chi connectivity index (χ0) is 13.7. The fourth-order valence-corrected chi connectivity index (χ4v) is 3.59. The molecular formula is C13H23N5S. The molecule has 1 aromatic heterocycles. The molecule has 0 amide bonds. The molecular weight excluding hydrogens is 258 g/mol. The minimum Gasteiger partial charge on any atom is -0.369 e. The van der Waals surface area contributed by atoms with Gasteiger partial charge < -0.3 is 10.7 Å². The number of thioether (sulfide) groups is 1. The lowest BCUT2D eigenvalue weighted by molar-refractivity contribution is 0.515. The SMILES string of the molecule is CC(C)c1c(NN)ncnc1NCC1CCSCC1. The number of hydrogen-bond acceptors (Lipinski definition) is 6. The summed E-state index contributed by atoms with van der Waals surface area (Å²) in [6.07, 6.45) is 4.14. The summed E-state index contributed by atoms with van der Waals surface area (Å²) in [7, 11) is 0. The second-order valence-corrected chi connectivity index (χ2v) is 6.44. The van der Waals surface area contributed by atoms with Crippen molar-refractivity contribution in [1.29, 1.82) is 0 Å². The smallest absolute Gasteiger partial charge is 0.148 e. The molecule has 0 bridgehead atoms. The van der Waals surface area contributed by atoms with Crippen LogP contribution >= 0.6 is 11.8 Å². The third kappa shape index (κ3) is 3.73. The van der Waals surface area contributed by atoms with Gasteiger partial charge in [0.2, 0.25) is 0 Å². The summed E-state index contributed by atoms with van der Waals surface area (Å²) in [5.74, 6) is 10.8. The molecule has 5 nitrogen and oxygen atoms in total. The Morgan fingerprint density at radius 1 is 1.32 bits per heavy atom. The molecule has 1 aromatic rings. The van der Waals surface area contributed by atoms with Crippen LogP contribution < -0.4 is 16.6 Å². The number of aromatic nitrogens is 2. The second kappa shape index (κ2) is 6.96. The molecule has 0 spiro atoms. The molecule has 1 aliphatic heterocycles. The van der Waals surface area contributed by atoms with Crippen LogP contribution in [-0.2, 0) is 0 Å². The van der Waals surface area contributed by atoms with Crippen molar-refractivity contribution in [1.82, 2.24) is 9.97 Å². The van der Waals surface area contributed by atoms with Crippen LogP contribution in [0.2, 0.25) is 0 Å². The fourth-order valence-electron chi connectivity index (χ4n) is 2.39. The first-order valence-corrected chi connectivity index (χ1v) is 8.01. The highest BCUT2D eigenvalue weighted by Gasteiger charge is 2.17. The van der Waals surface area contributed by atoms with E-state index in [1.54, 1.807) is 6.33 Å². The summed E-state index contributed by atoms with van der Waals surface area (Å²) in [4.78, 5) is 8.55. The van der Waals surface area contributed by atoms with E-state index in [2.05, 4.69) is 46.3 Å². The monoisotopic (exact) mass is 281 g/mol. The van der Waals surface area contributed by atoms with Crippen molar-refractivity contribution >= 4 is 23.4 Å². The maximum Gasteiger partial charge on any atom is 0.148 e. The zero-order valence-corrected chi connectivity index (χ0v) is 12.5. The maximum absolute atomic E-state index is 5.53. The van der Waals surface area contributed by atoms with Gasteiger partial charge in [-0.2, -0.15) is 11.8 Å². The normalized spacial score (nSPS) is 16.6. The summed E-state index contributed by atoms with van der Waals surface area (Å²) in [5, 5.41) is 3.48. The van der Waals surface area contributed by atoms with Gasteiger partial charge in [0.15, 0.2) is 0 Å². The van der Waals surface area contributed by atoms with Crippen molar-refractivity contribution in [3.8, 4) is 0 Å². The highest BCUT2D eigenvalue weighted by Crippen LogP contribution is 2.29. The fraction of sp³-hybridized carbons (Fsp3) is 0.692. The Labute approximate surface area is 119 Å². The number of nitrogens with one attached hydrogen (secondary N) is 2. The number of nitrogens with zero attached hydrogens (tertiary/aromatic N) is 2. The van der Waals surface area contributed by atoms with E-state index in [1.165, 1.54) is 24.3 Å². The second-order valence-electron chi connectivity index (χ2n) is 5.22. The topological polar surface area (TPSA) is 75.9 Å². The van der Waals surface area contributed by atoms with Gasteiger partial charge in [-0.05, 0) is 36.2 Å². The van der Waals surface area contributed by atoms with Gasteiger partial charge in [-0.15, -0.1) is 0 Å². The van der Waals surface area contributed by atoms with E-state index in [0.717, 1.165) is 23.8 Å². The molecule has 0 aliphatic carbocycles. The molecule has 6 heteroatoms. The Balaban J connectivity index is 2.06. The van der Waals surface area contributed by atoms with Crippen LogP contribution in [0.1, 0.15) is 38.2 Å². The molecule has 19 heavy (non-hydrogen) atoms. The molecule has 0 saturated carbocycles. The number of hydrazine groups is 1. The average Bonchev–Trinajstić information content (AvgIpc) is 2.45. The lowest BCUT2D eigenvalue weighted by Crippen LogP contribution is -2.21. The van der Waals surface area contributed by atoms with E-state index in [0.29, 0.717) is 11.7 Å². The molecule has 0 radical (unpaired) electrons. The van der Waals surface area contributed by atoms with Gasteiger partial charge in [0.1, 0.15) is 18.0 Å². The molecule has 2 rings (SSSR count). The minimum atomic E-state index is 0.330. The zero-order valence-electron chi connectivity index (χ0n) is 11.6. The Hall–Kier alpha value is -1.01. The maximum atomic E-state index is 5.53. The van der Waals surface area contributed by atoms with E-state index in [1.807, 2.05) is 0 Å². The van der Waals surface area contributed by atoms with E-state index in [9.17, 15) is 0 Å². The summed E-state index contributed by atoms with van der Waals surface area (Å²) >= 11 is 2.05. The predicted octanol–water partition coefficient (Wildman–Crippen LogP) is 2.44. The Morgan fingerprint density at radius 3 is 2.63 bits per heavy atom. The highest BCUT2D eigenvalue weighted by atomic mass is 32.2. The number of hydrogen-bond donors (Lipinski definition) is 3. The molecule has 1 saturated heterocycles. The van der Waals surface area contributed by atoms with Gasteiger partial charge in [0.25, 0.3) is 0 Å². The van der Waals surface area contributed by atoms with Crippen LogP contribution in [0.3, 0.4) is 0 Å². The van der Waals surface area contributed by atoms with E-state index >= 15 is 0 Å². The number of nitrogen functional groups attached to an aromatic ring is 1. The molecule has 0 atom stereocenters. The molecule has 2 heterocycles. The van der Waals surface area contributed by atoms with Gasteiger partial charge >= 0.3 is 0 Å². The van der Waals surface area contributed by atoms with Crippen LogP contribution in [-0.4, -0.2) is 28.0 Å². The van der Waals surface area contributed by atoms with Crippen LogP contribution in [0.5, 0.6) is 0 Å². The third-order valence-corrected chi connectivity index (χ3v) is 4.55. The van der Waals surface area contributed by atoms with Crippen molar-refractivity contribution in [2.24, 2.45) is 11.8 Å². The van der Waals surface area contributed by atoms with Crippen LogP contribution in [0.15, 0.2) is 6.33 Å². The predicted molar refractivity (Wildman–Crippen MR) is 82.5 cm³/mol. The summed E-state index contributed by atoms with van der Waals surface area (Å²) in [6.45, 7) is 5.24. The van der Waals surface area contributed by atoms with Gasteiger partial charge in [0.05, 0.1) is 0 Å². The van der Waals surface area contributed by atoms with Crippen molar-refractivity contribution in [2.45, 2.75) is 32.6 Å². The number of anilines is 2. The average molecular weight is 281 g/mol. The molecule has 1 fully saturated rings. The van der Waals surface area contributed by atoms with E-state index in [-0.39, 0.29) is 0 Å².